The molecule has 0 N–H and O–H groups in total. The van der Waals surface area contributed by atoms with E-state index in [0.29, 0.717) is 5.56 Å². The summed E-state index contributed by atoms with van der Waals surface area (Å²) >= 11 is 6.16. The van der Waals surface area contributed by atoms with Crippen molar-refractivity contribution in [3.05, 3.63) is 62.1 Å². The number of halogens is 2. The first-order valence-corrected chi connectivity index (χ1v) is 8.14. The van der Waals surface area contributed by atoms with Crippen LogP contribution in [-0.2, 0) is 20.6 Å². The minimum Gasteiger partial charge on any atom is -0.419 e. The van der Waals surface area contributed by atoms with Crippen LogP contribution in [0.1, 0.15) is 5.89 Å². The smallest absolute Gasteiger partial charge is 0.332 e. The fourth-order valence-corrected chi connectivity index (χ4v) is 2.98. The van der Waals surface area contributed by atoms with Gasteiger partial charge in [-0.2, -0.15) is 4.98 Å². The first-order valence-electron chi connectivity index (χ1n) is 7.77. The topological polar surface area (TPSA) is 101 Å². The molecule has 0 saturated heterocycles. The molecule has 4 aromatic rings. The lowest BCUT2D eigenvalue weighted by molar-refractivity contribution is 0.490. The third-order valence-corrected chi connectivity index (χ3v) is 4.42. The molecule has 0 atom stereocenters. The van der Waals surface area contributed by atoms with Crippen molar-refractivity contribution in [3.63, 3.8) is 0 Å². The van der Waals surface area contributed by atoms with Crippen molar-refractivity contribution >= 4 is 22.8 Å². The number of fused-ring (bicyclic) bond motifs is 1. The van der Waals surface area contributed by atoms with Crippen LogP contribution in [0.2, 0.25) is 5.28 Å². The monoisotopic (exact) mass is 390 g/mol. The minimum atomic E-state index is -0.544. The number of benzene rings is 1. The van der Waals surface area contributed by atoms with Gasteiger partial charge in [-0.05, 0) is 29.8 Å². The predicted octanol–water partition coefficient (Wildman–Crippen LogP) is 1.32. The lowest BCUT2D eigenvalue weighted by Gasteiger charge is -2.05. The molecule has 9 nitrogen and oxygen atoms in total. The third-order valence-electron chi connectivity index (χ3n) is 4.13. The van der Waals surface area contributed by atoms with Crippen LogP contribution in [-0.4, -0.2) is 28.9 Å². The summed E-state index contributed by atoms with van der Waals surface area (Å²) in [6.07, 6.45) is 0. The normalized spacial score (nSPS) is 11.4. The molecule has 0 amide bonds. The van der Waals surface area contributed by atoms with E-state index in [4.69, 9.17) is 16.0 Å². The van der Waals surface area contributed by atoms with Gasteiger partial charge in [-0.1, -0.05) is 6.07 Å². The Balaban J connectivity index is 1.80. The van der Waals surface area contributed by atoms with Gasteiger partial charge in [0.25, 0.3) is 5.56 Å². The molecule has 0 radical (unpaired) electrons. The fourth-order valence-electron chi connectivity index (χ4n) is 2.76. The molecule has 0 bridgehead atoms. The van der Waals surface area contributed by atoms with E-state index in [0.717, 1.165) is 4.57 Å². The highest BCUT2D eigenvalue weighted by Gasteiger charge is 2.20. The lowest BCUT2D eigenvalue weighted by atomic mass is 10.2. The van der Waals surface area contributed by atoms with Gasteiger partial charge < -0.3 is 4.42 Å². The maximum atomic E-state index is 13.4. The Labute approximate surface area is 155 Å². The molecule has 0 saturated carbocycles. The highest BCUT2D eigenvalue weighted by Crippen LogP contribution is 2.21. The van der Waals surface area contributed by atoms with E-state index in [1.165, 1.54) is 41.4 Å². The molecule has 4 rings (SSSR count). The molecule has 0 aliphatic carbocycles. The Morgan fingerprint density at radius 2 is 1.96 bits per heavy atom. The molecule has 0 aliphatic rings. The molecular weight excluding hydrogens is 379 g/mol. The molecule has 27 heavy (non-hydrogen) atoms. The number of hydrogen-bond donors (Lipinski definition) is 0. The molecule has 0 aliphatic heterocycles. The van der Waals surface area contributed by atoms with Gasteiger partial charge in [0.1, 0.15) is 12.4 Å². The average Bonchev–Trinajstić information content (AvgIpc) is 3.24. The zero-order valence-electron chi connectivity index (χ0n) is 14.2. The Morgan fingerprint density at radius 3 is 2.70 bits per heavy atom. The summed E-state index contributed by atoms with van der Waals surface area (Å²) in [4.78, 5) is 28.6. The maximum Gasteiger partial charge on any atom is 0.332 e. The van der Waals surface area contributed by atoms with Gasteiger partial charge in [0.05, 0.1) is 0 Å². The number of aryl methyl sites for hydroxylation is 1. The molecular formula is C16H12ClFN6O3. The second kappa shape index (κ2) is 6.16. The van der Waals surface area contributed by atoms with Crippen molar-refractivity contribution in [1.82, 2.24) is 28.9 Å². The summed E-state index contributed by atoms with van der Waals surface area (Å²) < 4.78 is 22.5. The molecule has 1 aromatic carbocycles. The van der Waals surface area contributed by atoms with Gasteiger partial charge in [-0.3, -0.25) is 18.5 Å². The molecule has 0 spiro atoms. The van der Waals surface area contributed by atoms with Crippen LogP contribution in [0.5, 0.6) is 0 Å². The van der Waals surface area contributed by atoms with Crippen molar-refractivity contribution in [2.45, 2.75) is 6.54 Å². The van der Waals surface area contributed by atoms with Gasteiger partial charge in [-0.15, -0.1) is 10.2 Å². The van der Waals surface area contributed by atoms with E-state index in [9.17, 15) is 14.0 Å². The van der Waals surface area contributed by atoms with E-state index >= 15 is 0 Å². The van der Waals surface area contributed by atoms with Crippen LogP contribution in [0.15, 0.2) is 38.3 Å². The minimum absolute atomic E-state index is 0.00574. The molecule has 0 unspecified atom stereocenters. The van der Waals surface area contributed by atoms with Gasteiger partial charge in [-0.25, -0.2) is 9.18 Å². The average molecular weight is 391 g/mol. The van der Waals surface area contributed by atoms with E-state index in [-0.39, 0.29) is 34.8 Å². The summed E-state index contributed by atoms with van der Waals surface area (Å²) in [7, 11) is 2.86. The highest BCUT2D eigenvalue weighted by atomic mass is 35.5. The van der Waals surface area contributed by atoms with Gasteiger partial charge in [0.15, 0.2) is 11.2 Å². The Bertz CT molecular complexity index is 1300. The quantitative estimate of drug-likeness (QED) is 0.489. The van der Waals surface area contributed by atoms with Crippen LogP contribution >= 0.6 is 11.6 Å². The van der Waals surface area contributed by atoms with Crippen molar-refractivity contribution in [1.29, 1.82) is 0 Å². The van der Waals surface area contributed by atoms with E-state index < -0.39 is 17.1 Å². The number of nitrogens with zero attached hydrogens (tertiary/aromatic N) is 6. The van der Waals surface area contributed by atoms with Gasteiger partial charge in [0, 0.05) is 19.7 Å². The van der Waals surface area contributed by atoms with Crippen LogP contribution in [0, 0.1) is 5.82 Å². The summed E-state index contributed by atoms with van der Waals surface area (Å²) in [6.45, 7) is -0.0366. The molecule has 138 valence electrons. The first kappa shape index (κ1) is 17.2. The zero-order valence-corrected chi connectivity index (χ0v) is 14.9. The fraction of sp³-hybridized carbons (Fsp3) is 0.188. The number of rotatable bonds is 3. The summed E-state index contributed by atoms with van der Waals surface area (Å²) in [5.41, 5.74) is -0.348. The number of aromatic nitrogens is 6. The van der Waals surface area contributed by atoms with Crippen molar-refractivity contribution in [3.8, 4) is 11.5 Å². The van der Waals surface area contributed by atoms with E-state index in [1.54, 1.807) is 6.07 Å². The second-order valence-electron chi connectivity index (χ2n) is 5.86. The summed E-state index contributed by atoms with van der Waals surface area (Å²) in [5.74, 6) is -0.156. The molecule has 3 aromatic heterocycles. The maximum absolute atomic E-state index is 13.4. The van der Waals surface area contributed by atoms with Crippen molar-refractivity contribution in [2.75, 3.05) is 0 Å². The van der Waals surface area contributed by atoms with E-state index in [2.05, 4.69) is 15.2 Å². The first-order chi connectivity index (χ1) is 12.9. The number of hydrogen-bond acceptors (Lipinski definition) is 6. The van der Waals surface area contributed by atoms with Crippen molar-refractivity contribution < 1.29 is 8.81 Å². The summed E-state index contributed by atoms with van der Waals surface area (Å²) in [5, 5.41) is 7.80. The van der Waals surface area contributed by atoms with Crippen LogP contribution < -0.4 is 11.2 Å². The molecule has 0 fully saturated rings. The van der Waals surface area contributed by atoms with Gasteiger partial charge in [0.2, 0.25) is 17.1 Å². The van der Waals surface area contributed by atoms with Crippen LogP contribution in [0.25, 0.3) is 22.6 Å². The van der Waals surface area contributed by atoms with Crippen LogP contribution in [0.3, 0.4) is 0 Å². The number of imidazole rings is 1. The zero-order chi connectivity index (χ0) is 19.3. The Kier molecular flexibility index (Phi) is 3.92. The van der Waals surface area contributed by atoms with Crippen molar-refractivity contribution in [2.24, 2.45) is 14.1 Å². The second-order valence-corrected chi connectivity index (χ2v) is 6.19. The summed E-state index contributed by atoms with van der Waals surface area (Å²) in [6, 6.07) is 5.73. The predicted molar refractivity (Wildman–Crippen MR) is 94.0 cm³/mol. The molecule has 3 heterocycles. The highest BCUT2D eigenvalue weighted by molar-refractivity contribution is 6.29. The molecule has 11 heteroatoms. The van der Waals surface area contributed by atoms with Gasteiger partial charge >= 0.3 is 5.69 Å². The Morgan fingerprint density at radius 1 is 1.19 bits per heavy atom. The van der Waals surface area contributed by atoms with Crippen LogP contribution in [0.4, 0.5) is 4.39 Å². The SMILES string of the molecule is Cn1c(=O)c2c(nc(Cl)n2Cc2nnc(-c3cccc(F)c3)o2)n(C)c1=O. The van der Waals surface area contributed by atoms with E-state index in [1.807, 2.05) is 0 Å². The standard InChI is InChI=1S/C16H12ClFN6O3/c1-22-12-11(14(25)23(2)16(22)26)24(15(17)19-12)7-10-20-21-13(27-10)8-4-3-5-9(18)6-8/h3-6H,7H2,1-2H3. The largest absolute Gasteiger partial charge is 0.419 e. The lowest BCUT2D eigenvalue weighted by Crippen LogP contribution is -2.37. The Hall–Kier alpha value is -3.27. The third kappa shape index (κ3) is 2.74.